The number of guanidine groups is 1. The highest BCUT2D eigenvalue weighted by atomic mass is 32.2. The Morgan fingerprint density at radius 3 is 2.50 bits per heavy atom. The molecule has 0 fully saturated rings. The second-order valence-corrected chi connectivity index (χ2v) is 7.87. The third-order valence-corrected chi connectivity index (χ3v) is 5.43. The van der Waals surface area contributed by atoms with Crippen molar-refractivity contribution in [2.24, 2.45) is 4.99 Å². The van der Waals surface area contributed by atoms with E-state index in [1.165, 1.54) is 0 Å². The van der Waals surface area contributed by atoms with Crippen molar-refractivity contribution in [3.63, 3.8) is 0 Å². The molecule has 0 saturated carbocycles. The Morgan fingerprint density at radius 1 is 1.07 bits per heavy atom. The van der Waals surface area contributed by atoms with Gasteiger partial charge in [-0.3, -0.25) is 4.99 Å². The molecule has 2 rings (SSSR count). The van der Waals surface area contributed by atoms with Gasteiger partial charge in [0.1, 0.15) is 5.75 Å². The zero-order valence-corrected chi connectivity index (χ0v) is 17.3. The van der Waals surface area contributed by atoms with Crippen molar-refractivity contribution in [1.29, 1.82) is 0 Å². The minimum absolute atomic E-state index is 0.243. The first-order valence-electron chi connectivity index (χ1n) is 9.18. The van der Waals surface area contributed by atoms with Crippen molar-refractivity contribution >= 4 is 16.0 Å². The summed E-state index contributed by atoms with van der Waals surface area (Å²) in [6.07, 6.45) is 0. The summed E-state index contributed by atoms with van der Waals surface area (Å²) >= 11 is 0. The number of sulfonamides is 1. The Bertz CT molecular complexity index is 884. The summed E-state index contributed by atoms with van der Waals surface area (Å²) in [5.41, 5.74) is 2.17. The lowest BCUT2D eigenvalue weighted by molar-refractivity contribution is 0.336. The summed E-state index contributed by atoms with van der Waals surface area (Å²) in [6, 6.07) is 14.4. The predicted octanol–water partition coefficient (Wildman–Crippen LogP) is 2.04. The molecule has 0 atom stereocenters. The largest absolute Gasteiger partial charge is 0.494 e. The number of nitrogens with zero attached hydrogens (tertiary/aromatic N) is 1. The Labute approximate surface area is 167 Å². The van der Waals surface area contributed by atoms with Gasteiger partial charge in [0.25, 0.3) is 0 Å². The van der Waals surface area contributed by atoms with Gasteiger partial charge in [-0.1, -0.05) is 30.3 Å². The summed E-state index contributed by atoms with van der Waals surface area (Å²) in [6.45, 7) is 5.77. The number of rotatable bonds is 9. The van der Waals surface area contributed by atoms with Gasteiger partial charge in [-0.25, -0.2) is 13.1 Å². The van der Waals surface area contributed by atoms with E-state index in [4.69, 9.17) is 4.74 Å². The zero-order valence-electron chi connectivity index (χ0n) is 16.5. The van der Waals surface area contributed by atoms with E-state index in [0.29, 0.717) is 25.7 Å². The van der Waals surface area contributed by atoms with Gasteiger partial charge in [0, 0.05) is 32.2 Å². The van der Waals surface area contributed by atoms with Crippen molar-refractivity contribution in [1.82, 2.24) is 15.4 Å². The van der Waals surface area contributed by atoms with Crippen LogP contribution in [-0.4, -0.2) is 41.1 Å². The molecule has 0 unspecified atom stereocenters. The number of nitrogens with one attached hydrogen (secondary N) is 3. The van der Waals surface area contributed by atoms with Crippen LogP contribution in [0.25, 0.3) is 0 Å². The Morgan fingerprint density at radius 2 is 1.82 bits per heavy atom. The molecule has 0 radical (unpaired) electrons. The molecule has 28 heavy (non-hydrogen) atoms. The number of aryl methyl sites for hydroxylation is 1. The summed E-state index contributed by atoms with van der Waals surface area (Å²) in [5, 5.41) is 6.31. The maximum Gasteiger partial charge on any atom is 0.240 e. The first-order chi connectivity index (χ1) is 13.5. The lowest BCUT2D eigenvalue weighted by atomic mass is 10.1. The fraction of sp³-hybridized carbons (Fsp3) is 0.350. The molecule has 2 aromatic rings. The minimum atomic E-state index is -3.50. The first kappa shape index (κ1) is 21.7. The van der Waals surface area contributed by atoms with Gasteiger partial charge in [0.2, 0.25) is 10.0 Å². The second-order valence-electron chi connectivity index (χ2n) is 6.11. The third kappa shape index (κ3) is 6.54. The van der Waals surface area contributed by atoms with Crippen LogP contribution in [0.5, 0.6) is 5.75 Å². The Kier molecular flexibility index (Phi) is 8.28. The van der Waals surface area contributed by atoms with Crippen LogP contribution in [0.1, 0.15) is 18.1 Å². The van der Waals surface area contributed by atoms with Gasteiger partial charge >= 0.3 is 0 Å². The molecule has 2 aromatic carbocycles. The van der Waals surface area contributed by atoms with Crippen molar-refractivity contribution in [3.8, 4) is 5.75 Å². The van der Waals surface area contributed by atoms with Crippen molar-refractivity contribution in [2.75, 3.05) is 26.7 Å². The minimum Gasteiger partial charge on any atom is -0.494 e. The van der Waals surface area contributed by atoms with E-state index in [9.17, 15) is 8.42 Å². The molecule has 152 valence electrons. The summed E-state index contributed by atoms with van der Waals surface area (Å²) in [5.74, 6) is 1.43. The molecule has 0 saturated heterocycles. The van der Waals surface area contributed by atoms with E-state index in [2.05, 4.69) is 20.3 Å². The maximum absolute atomic E-state index is 12.2. The van der Waals surface area contributed by atoms with Gasteiger partial charge in [-0.15, -0.1) is 0 Å². The van der Waals surface area contributed by atoms with E-state index in [0.717, 1.165) is 16.9 Å². The second kappa shape index (κ2) is 10.7. The Hall–Kier alpha value is -2.58. The molecule has 0 bridgehead atoms. The average Bonchev–Trinajstić information content (AvgIpc) is 2.69. The van der Waals surface area contributed by atoms with Gasteiger partial charge in [-0.05, 0) is 37.6 Å². The third-order valence-electron chi connectivity index (χ3n) is 3.96. The van der Waals surface area contributed by atoms with E-state index in [1.807, 2.05) is 32.0 Å². The predicted molar refractivity (Wildman–Crippen MR) is 112 cm³/mol. The van der Waals surface area contributed by atoms with Gasteiger partial charge in [-0.2, -0.15) is 0 Å². The van der Waals surface area contributed by atoms with Crippen LogP contribution in [-0.2, 0) is 16.6 Å². The molecular formula is C20H28N4O3S. The lowest BCUT2D eigenvalue weighted by Crippen LogP contribution is -2.41. The molecule has 8 heteroatoms. The van der Waals surface area contributed by atoms with Crippen LogP contribution in [0.15, 0.2) is 58.4 Å². The Balaban J connectivity index is 1.82. The van der Waals surface area contributed by atoms with Gasteiger partial charge < -0.3 is 15.4 Å². The summed E-state index contributed by atoms with van der Waals surface area (Å²) in [4.78, 5) is 4.42. The zero-order chi connectivity index (χ0) is 20.4. The van der Waals surface area contributed by atoms with Crippen LogP contribution in [0, 0.1) is 6.92 Å². The van der Waals surface area contributed by atoms with Crippen molar-refractivity contribution < 1.29 is 13.2 Å². The van der Waals surface area contributed by atoms with Crippen molar-refractivity contribution in [2.45, 2.75) is 25.3 Å². The monoisotopic (exact) mass is 404 g/mol. The molecular weight excluding hydrogens is 376 g/mol. The quantitative estimate of drug-likeness (QED) is 0.338. The maximum atomic E-state index is 12.2. The van der Waals surface area contributed by atoms with Gasteiger partial charge in [0.15, 0.2) is 5.96 Å². The van der Waals surface area contributed by atoms with Crippen LogP contribution >= 0.6 is 0 Å². The number of benzene rings is 2. The summed E-state index contributed by atoms with van der Waals surface area (Å²) < 4.78 is 32.6. The first-order valence-corrected chi connectivity index (χ1v) is 10.7. The van der Waals surface area contributed by atoms with Crippen molar-refractivity contribution in [3.05, 3.63) is 59.7 Å². The molecule has 0 amide bonds. The summed E-state index contributed by atoms with van der Waals surface area (Å²) in [7, 11) is -1.83. The topological polar surface area (TPSA) is 91.8 Å². The van der Waals surface area contributed by atoms with E-state index >= 15 is 0 Å². The standard InChI is InChI=1S/C20H28N4O3S/c1-4-27-19-14-16(2)10-11-17(19)15-23-20(21-3)22-12-13-24-28(25,26)18-8-6-5-7-9-18/h5-11,14,24H,4,12-13,15H2,1-3H3,(H2,21,22,23). The molecule has 0 heterocycles. The van der Waals surface area contributed by atoms with Crippen LogP contribution in [0.4, 0.5) is 0 Å². The number of aliphatic imine (C=N–C) groups is 1. The number of hydrogen-bond donors (Lipinski definition) is 3. The van der Waals surface area contributed by atoms with E-state index in [-0.39, 0.29) is 11.4 Å². The molecule has 0 aliphatic heterocycles. The van der Waals surface area contributed by atoms with E-state index in [1.54, 1.807) is 37.4 Å². The SMILES string of the molecule is CCOc1cc(C)ccc1CNC(=NC)NCCNS(=O)(=O)c1ccccc1. The normalized spacial score (nSPS) is 11.9. The molecule has 0 spiro atoms. The fourth-order valence-electron chi connectivity index (χ4n) is 2.55. The number of hydrogen-bond acceptors (Lipinski definition) is 4. The molecule has 0 aliphatic carbocycles. The van der Waals surface area contributed by atoms with Crippen LogP contribution < -0.4 is 20.1 Å². The number of ether oxygens (including phenoxy) is 1. The van der Waals surface area contributed by atoms with E-state index < -0.39 is 10.0 Å². The van der Waals surface area contributed by atoms with Crippen LogP contribution in [0.3, 0.4) is 0 Å². The highest BCUT2D eigenvalue weighted by Gasteiger charge is 2.12. The fourth-order valence-corrected chi connectivity index (χ4v) is 3.60. The molecule has 7 nitrogen and oxygen atoms in total. The molecule has 3 N–H and O–H groups in total. The highest BCUT2D eigenvalue weighted by Crippen LogP contribution is 2.20. The van der Waals surface area contributed by atoms with Crippen LogP contribution in [0.2, 0.25) is 0 Å². The average molecular weight is 405 g/mol. The van der Waals surface area contributed by atoms with Gasteiger partial charge in [0.05, 0.1) is 11.5 Å². The molecule has 0 aliphatic rings. The smallest absolute Gasteiger partial charge is 0.240 e. The molecule has 0 aromatic heterocycles. The highest BCUT2D eigenvalue weighted by molar-refractivity contribution is 7.89. The lowest BCUT2D eigenvalue weighted by Gasteiger charge is -2.15.